The van der Waals surface area contributed by atoms with Gasteiger partial charge in [-0.15, -0.1) is 11.8 Å². The van der Waals surface area contributed by atoms with Crippen molar-refractivity contribution in [3.05, 3.63) is 42.1 Å². The van der Waals surface area contributed by atoms with Gasteiger partial charge in [0.1, 0.15) is 0 Å². The van der Waals surface area contributed by atoms with Crippen molar-refractivity contribution in [1.82, 2.24) is 4.98 Å². The molecule has 0 aliphatic carbocycles. The second-order valence-corrected chi connectivity index (χ2v) is 4.99. The molecule has 0 aliphatic heterocycles. The van der Waals surface area contributed by atoms with Gasteiger partial charge >= 0.3 is 0 Å². The molecule has 106 valence electrons. The van der Waals surface area contributed by atoms with E-state index in [1.807, 2.05) is 30.3 Å². The second kappa shape index (κ2) is 7.05. The Labute approximate surface area is 123 Å². The van der Waals surface area contributed by atoms with Gasteiger partial charge in [0.05, 0.1) is 26.4 Å². The van der Waals surface area contributed by atoms with Gasteiger partial charge in [0.25, 0.3) is 0 Å². The Morgan fingerprint density at radius 3 is 2.20 bits per heavy atom. The summed E-state index contributed by atoms with van der Waals surface area (Å²) in [5.41, 5.74) is 1.09. The maximum absolute atomic E-state index is 5.34. The summed E-state index contributed by atoms with van der Waals surface area (Å²) in [6.07, 6.45) is 1.79. The van der Waals surface area contributed by atoms with Crippen molar-refractivity contribution >= 4 is 11.8 Å². The van der Waals surface area contributed by atoms with E-state index in [1.54, 1.807) is 39.3 Å². The van der Waals surface area contributed by atoms with Crippen molar-refractivity contribution in [1.29, 1.82) is 0 Å². The number of rotatable bonds is 6. The van der Waals surface area contributed by atoms with E-state index in [2.05, 4.69) is 4.98 Å². The van der Waals surface area contributed by atoms with E-state index in [0.29, 0.717) is 17.2 Å². The summed E-state index contributed by atoms with van der Waals surface area (Å²) in [5, 5.41) is 0.987. The van der Waals surface area contributed by atoms with Gasteiger partial charge in [-0.1, -0.05) is 6.07 Å². The zero-order valence-corrected chi connectivity index (χ0v) is 12.6. The van der Waals surface area contributed by atoms with Crippen LogP contribution in [0.25, 0.3) is 0 Å². The maximum atomic E-state index is 5.34. The summed E-state index contributed by atoms with van der Waals surface area (Å²) >= 11 is 1.66. The number of nitrogens with zero attached hydrogens (tertiary/aromatic N) is 1. The molecule has 20 heavy (non-hydrogen) atoms. The lowest BCUT2D eigenvalue weighted by Crippen LogP contribution is -1.96. The zero-order valence-electron chi connectivity index (χ0n) is 11.8. The van der Waals surface area contributed by atoms with Crippen molar-refractivity contribution in [3.63, 3.8) is 0 Å². The molecular formula is C15H17NO3S. The Kier molecular flexibility index (Phi) is 5.12. The SMILES string of the molecule is COc1cc(CSc2ccccn2)cc(OC)c1OC. The zero-order chi connectivity index (χ0) is 14.4. The number of methoxy groups -OCH3 is 3. The number of ether oxygens (including phenoxy) is 3. The van der Waals surface area contributed by atoms with Crippen molar-refractivity contribution in [3.8, 4) is 17.2 Å². The summed E-state index contributed by atoms with van der Waals surface area (Å²) in [6.45, 7) is 0. The molecule has 0 saturated carbocycles. The van der Waals surface area contributed by atoms with Gasteiger partial charge < -0.3 is 14.2 Å². The molecule has 4 nitrogen and oxygen atoms in total. The molecule has 2 aromatic rings. The molecule has 1 aromatic carbocycles. The highest BCUT2D eigenvalue weighted by Crippen LogP contribution is 2.39. The third-order valence-corrected chi connectivity index (χ3v) is 3.76. The highest BCUT2D eigenvalue weighted by molar-refractivity contribution is 7.98. The fourth-order valence-corrected chi connectivity index (χ4v) is 2.60. The van der Waals surface area contributed by atoms with Crippen LogP contribution < -0.4 is 14.2 Å². The molecular weight excluding hydrogens is 274 g/mol. The van der Waals surface area contributed by atoms with Crippen LogP contribution in [0, 0.1) is 0 Å². The van der Waals surface area contributed by atoms with Gasteiger partial charge in [0, 0.05) is 11.9 Å². The molecule has 1 heterocycles. The first-order valence-corrected chi connectivity index (χ1v) is 7.09. The third-order valence-electron chi connectivity index (χ3n) is 2.75. The van der Waals surface area contributed by atoms with Gasteiger partial charge in [-0.25, -0.2) is 4.98 Å². The van der Waals surface area contributed by atoms with E-state index >= 15 is 0 Å². The lowest BCUT2D eigenvalue weighted by atomic mass is 10.2. The van der Waals surface area contributed by atoms with Gasteiger partial charge in [-0.05, 0) is 29.8 Å². The van der Waals surface area contributed by atoms with Crippen LogP contribution in [0.4, 0.5) is 0 Å². The molecule has 0 unspecified atom stereocenters. The van der Waals surface area contributed by atoms with Crippen LogP contribution in [0.15, 0.2) is 41.6 Å². The van der Waals surface area contributed by atoms with Crippen LogP contribution in [0.3, 0.4) is 0 Å². The number of hydrogen-bond acceptors (Lipinski definition) is 5. The second-order valence-electron chi connectivity index (χ2n) is 3.99. The Balaban J connectivity index is 2.19. The molecule has 0 atom stereocenters. The first-order valence-electron chi connectivity index (χ1n) is 6.11. The van der Waals surface area contributed by atoms with Crippen LogP contribution >= 0.6 is 11.8 Å². The van der Waals surface area contributed by atoms with E-state index in [1.165, 1.54) is 0 Å². The Morgan fingerprint density at radius 1 is 1.00 bits per heavy atom. The van der Waals surface area contributed by atoms with E-state index in [9.17, 15) is 0 Å². The lowest BCUT2D eigenvalue weighted by molar-refractivity contribution is 0.324. The summed E-state index contributed by atoms with van der Waals surface area (Å²) in [6, 6.07) is 9.78. The molecule has 1 aromatic heterocycles. The van der Waals surface area contributed by atoms with E-state index in [-0.39, 0.29) is 0 Å². The molecule has 2 rings (SSSR count). The van der Waals surface area contributed by atoms with Crippen LogP contribution in [-0.2, 0) is 5.75 Å². The van der Waals surface area contributed by atoms with Gasteiger partial charge in [-0.3, -0.25) is 0 Å². The van der Waals surface area contributed by atoms with Gasteiger partial charge in [-0.2, -0.15) is 0 Å². The normalized spacial score (nSPS) is 10.2. The first-order chi connectivity index (χ1) is 9.78. The molecule has 0 N–H and O–H groups in total. The summed E-state index contributed by atoms with van der Waals surface area (Å²) in [4.78, 5) is 4.29. The van der Waals surface area contributed by atoms with Crippen molar-refractivity contribution in [2.24, 2.45) is 0 Å². The minimum absolute atomic E-state index is 0.613. The molecule has 0 aliphatic rings. The number of pyridine rings is 1. The molecule has 0 bridgehead atoms. The Hall–Kier alpha value is -1.88. The number of thioether (sulfide) groups is 1. The van der Waals surface area contributed by atoms with Gasteiger partial charge in [0.15, 0.2) is 11.5 Å². The predicted molar refractivity (Wildman–Crippen MR) is 79.9 cm³/mol. The molecule has 0 radical (unpaired) electrons. The average Bonchev–Trinajstić information content (AvgIpc) is 2.52. The molecule has 5 heteroatoms. The lowest BCUT2D eigenvalue weighted by Gasteiger charge is -2.13. The topological polar surface area (TPSA) is 40.6 Å². The monoisotopic (exact) mass is 291 g/mol. The van der Waals surface area contributed by atoms with Crippen LogP contribution in [0.2, 0.25) is 0 Å². The van der Waals surface area contributed by atoms with Crippen LogP contribution in [0.5, 0.6) is 17.2 Å². The smallest absolute Gasteiger partial charge is 0.203 e. The first kappa shape index (κ1) is 14.5. The summed E-state index contributed by atoms with van der Waals surface area (Å²) in [7, 11) is 4.84. The van der Waals surface area contributed by atoms with Crippen molar-refractivity contribution in [2.75, 3.05) is 21.3 Å². The largest absolute Gasteiger partial charge is 0.493 e. The van der Waals surface area contributed by atoms with Crippen molar-refractivity contribution < 1.29 is 14.2 Å². The minimum Gasteiger partial charge on any atom is -0.493 e. The predicted octanol–water partition coefficient (Wildman–Crippen LogP) is 3.40. The van der Waals surface area contributed by atoms with E-state index in [0.717, 1.165) is 16.3 Å². The van der Waals surface area contributed by atoms with E-state index in [4.69, 9.17) is 14.2 Å². The van der Waals surface area contributed by atoms with E-state index < -0.39 is 0 Å². The van der Waals surface area contributed by atoms with Crippen LogP contribution in [0.1, 0.15) is 5.56 Å². The molecule has 0 spiro atoms. The summed E-state index contributed by atoms with van der Waals surface area (Å²) in [5.74, 6) is 2.74. The third kappa shape index (κ3) is 3.36. The summed E-state index contributed by atoms with van der Waals surface area (Å²) < 4.78 is 16.0. The molecule has 0 saturated heterocycles. The quantitative estimate of drug-likeness (QED) is 0.763. The Bertz CT molecular complexity index is 535. The average molecular weight is 291 g/mol. The highest BCUT2D eigenvalue weighted by Gasteiger charge is 2.13. The highest BCUT2D eigenvalue weighted by atomic mass is 32.2. The number of aromatic nitrogens is 1. The fraction of sp³-hybridized carbons (Fsp3) is 0.267. The number of benzene rings is 1. The molecule has 0 amide bonds. The minimum atomic E-state index is 0.613. The van der Waals surface area contributed by atoms with Crippen LogP contribution in [-0.4, -0.2) is 26.3 Å². The fourth-order valence-electron chi connectivity index (χ4n) is 1.81. The molecule has 0 fully saturated rings. The van der Waals surface area contributed by atoms with Crippen molar-refractivity contribution in [2.45, 2.75) is 10.8 Å². The standard InChI is InChI=1S/C15H17NO3S/c1-17-12-8-11(9-13(18-2)15(12)19-3)10-20-14-6-4-5-7-16-14/h4-9H,10H2,1-3H3. The maximum Gasteiger partial charge on any atom is 0.203 e. The Morgan fingerprint density at radius 2 is 1.70 bits per heavy atom. The van der Waals surface area contributed by atoms with Gasteiger partial charge in [0.2, 0.25) is 5.75 Å². The number of hydrogen-bond donors (Lipinski definition) is 0.